The van der Waals surface area contributed by atoms with Crippen molar-refractivity contribution in [3.05, 3.63) is 99.8 Å². The van der Waals surface area contributed by atoms with E-state index in [0.29, 0.717) is 27.6 Å². The van der Waals surface area contributed by atoms with E-state index in [2.05, 4.69) is 20.6 Å². The number of carbonyl (C=O) groups is 1. The van der Waals surface area contributed by atoms with Crippen LogP contribution in [-0.2, 0) is 4.79 Å². The number of hydrogen-bond acceptors (Lipinski definition) is 6. The quantitative estimate of drug-likeness (QED) is 0.227. The first-order chi connectivity index (χ1) is 15.5. The maximum Gasteiger partial charge on any atom is 0.269 e. The first-order valence-corrected chi connectivity index (χ1v) is 9.86. The van der Waals surface area contributed by atoms with Gasteiger partial charge in [0.15, 0.2) is 0 Å². The molecule has 4 aromatic rings. The Kier molecular flexibility index (Phi) is 6.05. The summed E-state index contributed by atoms with van der Waals surface area (Å²) in [6.07, 6.45) is 4.40. The number of anilines is 3. The molecule has 2 N–H and O–H groups in total. The number of nitro benzene ring substituents is 1. The van der Waals surface area contributed by atoms with E-state index in [-0.39, 0.29) is 11.6 Å². The zero-order valence-electron chi connectivity index (χ0n) is 16.5. The molecule has 32 heavy (non-hydrogen) atoms. The predicted molar refractivity (Wildman–Crippen MR) is 125 cm³/mol. The fraction of sp³-hybridized carbons (Fsp3) is 0. The van der Waals surface area contributed by atoms with Gasteiger partial charge in [-0.25, -0.2) is 9.97 Å². The van der Waals surface area contributed by atoms with Crippen molar-refractivity contribution in [2.75, 3.05) is 10.6 Å². The zero-order valence-corrected chi connectivity index (χ0v) is 17.3. The molecule has 1 aromatic heterocycles. The van der Waals surface area contributed by atoms with Crippen LogP contribution >= 0.6 is 11.6 Å². The third kappa shape index (κ3) is 5.05. The molecule has 158 valence electrons. The Morgan fingerprint density at radius 1 is 1.00 bits per heavy atom. The van der Waals surface area contributed by atoms with Gasteiger partial charge in [-0.2, -0.15) is 0 Å². The molecule has 0 aliphatic heterocycles. The van der Waals surface area contributed by atoms with Crippen molar-refractivity contribution >= 4 is 57.4 Å². The van der Waals surface area contributed by atoms with Crippen LogP contribution in [0, 0.1) is 10.1 Å². The summed E-state index contributed by atoms with van der Waals surface area (Å²) >= 11 is 6.05. The van der Waals surface area contributed by atoms with Crippen molar-refractivity contribution in [1.82, 2.24) is 9.97 Å². The minimum Gasteiger partial charge on any atom is -0.340 e. The maximum absolute atomic E-state index is 12.3. The Bertz CT molecular complexity index is 1340. The average Bonchev–Trinajstić information content (AvgIpc) is 2.78. The molecule has 0 aliphatic rings. The molecule has 0 fully saturated rings. The minimum atomic E-state index is -0.473. The Labute approximate surface area is 187 Å². The van der Waals surface area contributed by atoms with Gasteiger partial charge >= 0.3 is 0 Å². The standard InChI is InChI=1S/C23H16ClN5O3/c24-16-2-1-3-17(12-16)28-23-20-13-18(7-10-21(20)25-14-26-23)27-22(30)11-6-15-4-8-19(9-5-15)29(31)32/h1-14H,(H,27,30)(H,25,26,28)/b11-6+. The lowest BCUT2D eigenvalue weighted by molar-refractivity contribution is -0.384. The van der Waals surface area contributed by atoms with Gasteiger partial charge in [-0.3, -0.25) is 14.9 Å². The van der Waals surface area contributed by atoms with Crippen molar-refractivity contribution in [2.24, 2.45) is 0 Å². The Balaban J connectivity index is 1.51. The Morgan fingerprint density at radius 2 is 1.81 bits per heavy atom. The lowest BCUT2D eigenvalue weighted by atomic mass is 10.2. The van der Waals surface area contributed by atoms with Crippen LogP contribution in [0.3, 0.4) is 0 Å². The second-order valence-corrected chi connectivity index (χ2v) is 7.20. The van der Waals surface area contributed by atoms with Gasteiger partial charge < -0.3 is 10.6 Å². The molecule has 1 heterocycles. The number of aromatic nitrogens is 2. The minimum absolute atomic E-state index is 0.00725. The van der Waals surface area contributed by atoms with Gasteiger partial charge in [-0.1, -0.05) is 17.7 Å². The van der Waals surface area contributed by atoms with E-state index in [1.54, 1.807) is 48.5 Å². The maximum atomic E-state index is 12.3. The smallest absolute Gasteiger partial charge is 0.269 e. The van der Waals surface area contributed by atoms with Crippen molar-refractivity contribution in [3.8, 4) is 0 Å². The molecule has 0 radical (unpaired) electrons. The van der Waals surface area contributed by atoms with Crippen molar-refractivity contribution in [2.45, 2.75) is 0 Å². The number of rotatable bonds is 6. The normalized spacial score (nSPS) is 10.9. The summed E-state index contributed by atoms with van der Waals surface area (Å²) < 4.78 is 0. The monoisotopic (exact) mass is 445 g/mol. The number of nitrogens with one attached hydrogen (secondary N) is 2. The molecule has 0 atom stereocenters. The summed E-state index contributed by atoms with van der Waals surface area (Å²) in [5, 5.41) is 18.1. The molecule has 0 aliphatic carbocycles. The molecule has 0 unspecified atom stereocenters. The van der Waals surface area contributed by atoms with Gasteiger partial charge in [0, 0.05) is 40.0 Å². The van der Waals surface area contributed by atoms with E-state index in [1.165, 1.54) is 24.5 Å². The highest BCUT2D eigenvalue weighted by Gasteiger charge is 2.08. The van der Waals surface area contributed by atoms with E-state index >= 15 is 0 Å². The van der Waals surface area contributed by atoms with Crippen LogP contribution in [0.5, 0.6) is 0 Å². The molecule has 0 saturated carbocycles. The van der Waals surface area contributed by atoms with Gasteiger partial charge in [0.25, 0.3) is 5.69 Å². The van der Waals surface area contributed by atoms with Crippen LogP contribution in [0.1, 0.15) is 5.56 Å². The molecule has 1 amide bonds. The van der Waals surface area contributed by atoms with Crippen LogP contribution in [0.15, 0.2) is 79.1 Å². The molecular formula is C23H16ClN5O3. The topological polar surface area (TPSA) is 110 Å². The van der Waals surface area contributed by atoms with Gasteiger partial charge in [0.1, 0.15) is 12.1 Å². The summed E-state index contributed by atoms with van der Waals surface area (Å²) in [4.78, 5) is 31.2. The van der Waals surface area contributed by atoms with Crippen molar-refractivity contribution in [3.63, 3.8) is 0 Å². The van der Waals surface area contributed by atoms with Crippen LogP contribution < -0.4 is 10.6 Å². The lowest BCUT2D eigenvalue weighted by Crippen LogP contribution is -2.07. The molecule has 9 heteroatoms. The average molecular weight is 446 g/mol. The van der Waals surface area contributed by atoms with Crippen LogP contribution in [0.25, 0.3) is 17.0 Å². The number of halogens is 1. The van der Waals surface area contributed by atoms with E-state index in [4.69, 9.17) is 11.6 Å². The summed E-state index contributed by atoms with van der Waals surface area (Å²) in [5.41, 5.74) is 2.72. The van der Waals surface area contributed by atoms with Crippen molar-refractivity contribution < 1.29 is 9.72 Å². The molecule has 0 spiro atoms. The summed E-state index contributed by atoms with van der Waals surface area (Å²) in [6, 6.07) is 18.5. The van der Waals surface area contributed by atoms with Gasteiger partial charge in [0.05, 0.1) is 10.4 Å². The van der Waals surface area contributed by atoms with Crippen LogP contribution in [0.2, 0.25) is 5.02 Å². The van der Waals surface area contributed by atoms with Crippen LogP contribution in [-0.4, -0.2) is 20.8 Å². The van der Waals surface area contributed by atoms with Gasteiger partial charge in [0.2, 0.25) is 5.91 Å². The Hall–Kier alpha value is -4.30. The zero-order chi connectivity index (χ0) is 22.5. The molecular weight excluding hydrogens is 430 g/mol. The predicted octanol–water partition coefficient (Wildman–Crippen LogP) is 5.59. The van der Waals surface area contributed by atoms with Crippen LogP contribution in [0.4, 0.5) is 22.9 Å². The summed E-state index contributed by atoms with van der Waals surface area (Å²) in [6.45, 7) is 0. The van der Waals surface area contributed by atoms with Gasteiger partial charge in [-0.05, 0) is 60.2 Å². The highest BCUT2D eigenvalue weighted by atomic mass is 35.5. The molecule has 0 bridgehead atoms. The van der Waals surface area contributed by atoms with Gasteiger partial charge in [-0.15, -0.1) is 0 Å². The largest absolute Gasteiger partial charge is 0.340 e. The van der Waals surface area contributed by atoms with Crippen molar-refractivity contribution in [1.29, 1.82) is 0 Å². The summed E-state index contributed by atoms with van der Waals surface area (Å²) in [5.74, 6) is 0.235. The third-order valence-corrected chi connectivity index (χ3v) is 4.76. The highest BCUT2D eigenvalue weighted by molar-refractivity contribution is 6.30. The SMILES string of the molecule is O=C(/C=C/c1ccc([N+](=O)[O-])cc1)Nc1ccc2ncnc(Nc3cccc(Cl)c3)c2c1. The number of amides is 1. The van der Waals surface area contributed by atoms with E-state index in [9.17, 15) is 14.9 Å². The molecule has 3 aromatic carbocycles. The number of hydrogen-bond donors (Lipinski definition) is 2. The fourth-order valence-electron chi connectivity index (χ4n) is 3.00. The number of carbonyl (C=O) groups excluding carboxylic acids is 1. The highest BCUT2D eigenvalue weighted by Crippen LogP contribution is 2.27. The number of non-ortho nitro benzene ring substituents is 1. The van der Waals surface area contributed by atoms with E-state index in [0.717, 1.165) is 11.1 Å². The molecule has 4 rings (SSSR count). The second kappa shape index (κ2) is 9.23. The first kappa shape index (κ1) is 21.0. The second-order valence-electron chi connectivity index (χ2n) is 6.76. The molecule has 0 saturated heterocycles. The number of fused-ring (bicyclic) bond motifs is 1. The molecule has 8 nitrogen and oxygen atoms in total. The number of benzene rings is 3. The number of nitrogens with zero attached hydrogens (tertiary/aromatic N) is 3. The Morgan fingerprint density at radius 3 is 2.56 bits per heavy atom. The third-order valence-electron chi connectivity index (χ3n) is 4.52. The fourth-order valence-corrected chi connectivity index (χ4v) is 3.19. The summed E-state index contributed by atoms with van der Waals surface area (Å²) in [7, 11) is 0. The van der Waals surface area contributed by atoms with E-state index in [1.807, 2.05) is 12.1 Å². The van der Waals surface area contributed by atoms with E-state index < -0.39 is 4.92 Å². The number of nitro groups is 1. The first-order valence-electron chi connectivity index (χ1n) is 9.49. The lowest BCUT2D eigenvalue weighted by Gasteiger charge is -2.10.